The maximum Gasteiger partial charge on any atom is 0.251 e. The second-order valence-electron chi connectivity index (χ2n) is 5.62. The van der Waals surface area contributed by atoms with E-state index in [1.165, 1.54) is 6.92 Å². The Morgan fingerprint density at radius 2 is 1.67 bits per heavy atom. The van der Waals surface area contributed by atoms with Gasteiger partial charge in [-0.1, -0.05) is 31.9 Å². The highest BCUT2D eigenvalue weighted by molar-refractivity contribution is 6.30. The zero-order valence-corrected chi connectivity index (χ0v) is 14.9. The minimum atomic E-state index is -0.643. The lowest BCUT2D eigenvalue weighted by atomic mass is 9.98. The lowest BCUT2D eigenvalue weighted by molar-refractivity contribution is -0.124. The zero-order chi connectivity index (χ0) is 18.1. The number of nitrogens with one attached hydrogen (secondary N) is 3. The van der Waals surface area contributed by atoms with Gasteiger partial charge in [0.05, 0.1) is 0 Å². The van der Waals surface area contributed by atoms with E-state index in [0.717, 1.165) is 6.42 Å². The zero-order valence-electron chi connectivity index (χ0n) is 14.2. The van der Waals surface area contributed by atoms with E-state index in [9.17, 15) is 14.4 Å². The highest BCUT2D eigenvalue weighted by atomic mass is 35.5. The molecule has 2 atom stereocenters. The molecule has 0 spiro atoms. The Hall–Kier alpha value is -2.08. The maximum absolute atomic E-state index is 12.3. The number of benzene rings is 1. The van der Waals surface area contributed by atoms with Gasteiger partial charge in [-0.15, -0.1) is 0 Å². The van der Waals surface area contributed by atoms with Crippen molar-refractivity contribution in [1.29, 1.82) is 0 Å². The van der Waals surface area contributed by atoms with E-state index >= 15 is 0 Å². The van der Waals surface area contributed by atoms with Crippen LogP contribution >= 0.6 is 11.6 Å². The van der Waals surface area contributed by atoms with Crippen LogP contribution in [0.3, 0.4) is 0 Å². The van der Waals surface area contributed by atoms with Gasteiger partial charge in [-0.05, 0) is 30.2 Å². The number of halogens is 1. The molecule has 0 aliphatic heterocycles. The number of hydrogen-bond donors (Lipinski definition) is 3. The molecule has 24 heavy (non-hydrogen) atoms. The molecule has 0 fully saturated rings. The molecule has 3 amide bonds. The summed E-state index contributed by atoms with van der Waals surface area (Å²) in [5.74, 6) is -0.772. The SMILES string of the molecule is CCC(C)C(NC(=O)c1ccc(Cl)cc1)C(=O)NCCNC(C)=O. The molecule has 1 aromatic rings. The smallest absolute Gasteiger partial charge is 0.251 e. The molecular formula is C17H24ClN3O3. The van der Waals surface area contributed by atoms with Crippen molar-refractivity contribution in [2.24, 2.45) is 5.92 Å². The molecule has 6 nitrogen and oxygen atoms in total. The average molecular weight is 354 g/mol. The largest absolute Gasteiger partial charge is 0.355 e. The summed E-state index contributed by atoms with van der Waals surface area (Å²) in [5.41, 5.74) is 0.443. The quantitative estimate of drug-likeness (QED) is 0.622. The molecule has 3 N–H and O–H groups in total. The van der Waals surface area contributed by atoms with E-state index in [2.05, 4.69) is 16.0 Å². The van der Waals surface area contributed by atoms with Gasteiger partial charge in [-0.3, -0.25) is 14.4 Å². The summed E-state index contributed by atoms with van der Waals surface area (Å²) in [4.78, 5) is 35.5. The Labute approximate surface area is 147 Å². The lowest BCUT2D eigenvalue weighted by Gasteiger charge is -2.23. The van der Waals surface area contributed by atoms with Crippen LogP contribution < -0.4 is 16.0 Å². The Balaban J connectivity index is 2.67. The Morgan fingerprint density at radius 1 is 1.08 bits per heavy atom. The van der Waals surface area contributed by atoms with Gasteiger partial charge in [0.2, 0.25) is 11.8 Å². The van der Waals surface area contributed by atoms with Crippen LogP contribution in [-0.2, 0) is 9.59 Å². The van der Waals surface area contributed by atoms with Crippen molar-refractivity contribution in [3.05, 3.63) is 34.9 Å². The standard InChI is InChI=1S/C17H24ClN3O3/c1-4-11(2)15(17(24)20-10-9-19-12(3)22)21-16(23)13-5-7-14(18)8-6-13/h5-8,11,15H,4,9-10H2,1-3H3,(H,19,22)(H,20,24)(H,21,23). The second kappa shape index (κ2) is 9.93. The first-order valence-corrected chi connectivity index (χ1v) is 8.31. The summed E-state index contributed by atoms with van der Waals surface area (Å²) < 4.78 is 0. The third kappa shape index (κ3) is 6.58. The summed E-state index contributed by atoms with van der Waals surface area (Å²) >= 11 is 5.81. The van der Waals surface area contributed by atoms with Crippen molar-refractivity contribution in [3.8, 4) is 0 Å². The molecule has 1 rings (SSSR count). The van der Waals surface area contributed by atoms with Crippen LogP contribution in [0, 0.1) is 5.92 Å². The number of carbonyl (C=O) groups excluding carboxylic acids is 3. The number of hydrogen-bond acceptors (Lipinski definition) is 3. The van der Waals surface area contributed by atoms with E-state index in [1.54, 1.807) is 24.3 Å². The monoisotopic (exact) mass is 353 g/mol. The predicted molar refractivity (Wildman–Crippen MR) is 93.9 cm³/mol. The first-order valence-electron chi connectivity index (χ1n) is 7.93. The first-order chi connectivity index (χ1) is 11.3. The lowest BCUT2D eigenvalue weighted by Crippen LogP contribution is -2.51. The highest BCUT2D eigenvalue weighted by Gasteiger charge is 2.26. The molecule has 0 saturated heterocycles. The van der Waals surface area contributed by atoms with Gasteiger partial charge in [0.1, 0.15) is 6.04 Å². The Bertz CT molecular complexity index is 575. The van der Waals surface area contributed by atoms with Crippen molar-refractivity contribution >= 4 is 29.3 Å². The van der Waals surface area contributed by atoms with Crippen molar-refractivity contribution in [3.63, 3.8) is 0 Å². The van der Waals surface area contributed by atoms with Gasteiger partial charge < -0.3 is 16.0 Å². The Morgan fingerprint density at radius 3 is 2.21 bits per heavy atom. The van der Waals surface area contributed by atoms with Crippen LogP contribution in [0.5, 0.6) is 0 Å². The second-order valence-corrected chi connectivity index (χ2v) is 6.05. The van der Waals surface area contributed by atoms with E-state index in [-0.39, 0.29) is 23.6 Å². The van der Waals surface area contributed by atoms with Crippen LogP contribution in [0.15, 0.2) is 24.3 Å². The van der Waals surface area contributed by atoms with Gasteiger partial charge in [0.25, 0.3) is 5.91 Å². The van der Waals surface area contributed by atoms with Gasteiger partial charge in [0.15, 0.2) is 0 Å². The molecule has 0 aromatic heterocycles. The molecule has 7 heteroatoms. The minimum absolute atomic E-state index is 0.0259. The molecule has 0 radical (unpaired) electrons. The predicted octanol–water partition coefficient (Wildman–Crippen LogP) is 1.74. The fourth-order valence-electron chi connectivity index (χ4n) is 2.06. The molecule has 0 saturated carbocycles. The van der Waals surface area contributed by atoms with E-state index < -0.39 is 6.04 Å². The van der Waals surface area contributed by atoms with Crippen LogP contribution in [0.1, 0.15) is 37.6 Å². The van der Waals surface area contributed by atoms with Gasteiger partial charge >= 0.3 is 0 Å². The normalized spacial score (nSPS) is 12.8. The summed E-state index contributed by atoms with van der Waals surface area (Å²) in [6, 6.07) is 5.83. The fraction of sp³-hybridized carbons (Fsp3) is 0.471. The van der Waals surface area contributed by atoms with Crippen LogP contribution in [0.25, 0.3) is 0 Å². The third-order valence-electron chi connectivity index (χ3n) is 3.69. The average Bonchev–Trinajstić information content (AvgIpc) is 2.55. The van der Waals surface area contributed by atoms with Crippen molar-refractivity contribution in [1.82, 2.24) is 16.0 Å². The summed E-state index contributed by atoms with van der Waals surface area (Å²) in [7, 11) is 0. The van der Waals surface area contributed by atoms with Crippen molar-refractivity contribution in [2.75, 3.05) is 13.1 Å². The molecule has 1 aromatic carbocycles. The highest BCUT2D eigenvalue weighted by Crippen LogP contribution is 2.12. The van der Waals surface area contributed by atoms with Crippen LogP contribution in [0.4, 0.5) is 0 Å². The molecule has 0 aliphatic rings. The van der Waals surface area contributed by atoms with Crippen LogP contribution in [0.2, 0.25) is 5.02 Å². The van der Waals surface area contributed by atoms with E-state index in [1.807, 2.05) is 13.8 Å². The van der Waals surface area contributed by atoms with E-state index in [4.69, 9.17) is 11.6 Å². The Kier molecular flexibility index (Phi) is 8.26. The van der Waals surface area contributed by atoms with E-state index in [0.29, 0.717) is 23.7 Å². The molecule has 132 valence electrons. The van der Waals surface area contributed by atoms with Crippen molar-refractivity contribution in [2.45, 2.75) is 33.2 Å². The molecule has 0 heterocycles. The minimum Gasteiger partial charge on any atom is -0.355 e. The maximum atomic E-state index is 12.3. The van der Waals surface area contributed by atoms with Crippen molar-refractivity contribution < 1.29 is 14.4 Å². The number of amides is 3. The number of rotatable bonds is 8. The first kappa shape index (κ1) is 20.0. The summed E-state index contributed by atoms with van der Waals surface area (Å²) in [6.07, 6.45) is 0.741. The third-order valence-corrected chi connectivity index (χ3v) is 3.94. The molecular weight excluding hydrogens is 330 g/mol. The van der Waals surface area contributed by atoms with Gasteiger partial charge in [-0.25, -0.2) is 0 Å². The van der Waals surface area contributed by atoms with Gasteiger partial charge in [-0.2, -0.15) is 0 Å². The molecule has 0 bridgehead atoms. The summed E-state index contributed by atoms with van der Waals surface area (Å²) in [6.45, 7) is 5.93. The summed E-state index contributed by atoms with van der Waals surface area (Å²) in [5, 5.41) is 8.65. The number of carbonyl (C=O) groups is 3. The fourth-order valence-corrected chi connectivity index (χ4v) is 2.19. The molecule has 2 unspecified atom stereocenters. The van der Waals surface area contributed by atoms with Crippen LogP contribution in [-0.4, -0.2) is 36.9 Å². The molecule has 0 aliphatic carbocycles. The van der Waals surface area contributed by atoms with Gasteiger partial charge in [0, 0.05) is 30.6 Å². The topological polar surface area (TPSA) is 87.3 Å².